The summed E-state index contributed by atoms with van der Waals surface area (Å²) in [6, 6.07) is 5.21. The molecule has 0 aliphatic carbocycles. The summed E-state index contributed by atoms with van der Waals surface area (Å²) in [5.74, 6) is 0.0908. The molecule has 0 heterocycles. The van der Waals surface area contributed by atoms with E-state index in [0.717, 1.165) is 4.47 Å². The van der Waals surface area contributed by atoms with E-state index in [1.165, 1.54) is 0 Å². The predicted molar refractivity (Wildman–Crippen MR) is 62.9 cm³/mol. The standard InChI is InChI=1S/C11H10BrClO/c1-2-3-4-11(14)8-5-9(12)7-10(13)6-8/h2,5-7H,1,3-4H2. The van der Waals surface area contributed by atoms with Crippen LogP contribution in [0.15, 0.2) is 35.3 Å². The van der Waals surface area contributed by atoms with Crippen molar-refractivity contribution in [2.75, 3.05) is 0 Å². The Morgan fingerprint density at radius 3 is 2.79 bits per heavy atom. The number of carbonyl (C=O) groups is 1. The Hall–Kier alpha value is -0.600. The molecule has 0 bridgehead atoms. The Morgan fingerprint density at radius 1 is 1.50 bits per heavy atom. The largest absolute Gasteiger partial charge is 0.294 e. The Kier molecular flexibility index (Phi) is 4.36. The summed E-state index contributed by atoms with van der Waals surface area (Å²) in [5.41, 5.74) is 0.645. The van der Waals surface area contributed by atoms with Crippen LogP contribution < -0.4 is 0 Å². The van der Waals surface area contributed by atoms with Crippen LogP contribution in [0.4, 0.5) is 0 Å². The van der Waals surface area contributed by atoms with Crippen LogP contribution in [0.25, 0.3) is 0 Å². The van der Waals surface area contributed by atoms with E-state index in [4.69, 9.17) is 11.6 Å². The van der Waals surface area contributed by atoms with E-state index in [1.54, 1.807) is 24.3 Å². The van der Waals surface area contributed by atoms with Crippen LogP contribution in [0.5, 0.6) is 0 Å². The second-order valence-corrected chi connectivity index (χ2v) is 4.26. The molecule has 0 aliphatic heterocycles. The number of Topliss-reactive ketones (excluding diaryl/α,β-unsaturated/α-hetero) is 1. The number of carbonyl (C=O) groups excluding carboxylic acids is 1. The summed E-state index contributed by atoms with van der Waals surface area (Å²) < 4.78 is 0.826. The number of hydrogen-bond acceptors (Lipinski definition) is 1. The molecule has 0 amide bonds. The van der Waals surface area contributed by atoms with Gasteiger partial charge in [-0.15, -0.1) is 6.58 Å². The van der Waals surface area contributed by atoms with Gasteiger partial charge in [0.15, 0.2) is 5.78 Å². The van der Waals surface area contributed by atoms with Crippen LogP contribution in [-0.4, -0.2) is 5.78 Å². The topological polar surface area (TPSA) is 17.1 Å². The van der Waals surface area contributed by atoms with Crippen LogP contribution in [0, 0.1) is 0 Å². The first kappa shape index (κ1) is 11.5. The third-order valence-corrected chi connectivity index (χ3v) is 2.44. The number of rotatable bonds is 4. The highest BCUT2D eigenvalue weighted by molar-refractivity contribution is 9.10. The molecule has 74 valence electrons. The highest BCUT2D eigenvalue weighted by Crippen LogP contribution is 2.20. The van der Waals surface area contributed by atoms with Gasteiger partial charge in [0.1, 0.15) is 0 Å². The molecule has 0 aromatic heterocycles. The zero-order chi connectivity index (χ0) is 10.6. The van der Waals surface area contributed by atoms with Crippen molar-refractivity contribution < 1.29 is 4.79 Å². The smallest absolute Gasteiger partial charge is 0.163 e. The van der Waals surface area contributed by atoms with E-state index in [-0.39, 0.29) is 5.78 Å². The molecule has 3 heteroatoms. The van der Waals surface area contributed by atoms with Crippen molar-refractivity contribution in [1.82, 2.24) is 0 Å². The van der Waals surface area contributed by atoms with E-state index in [9.17, 15) is 4.79 Å². The van der Waals surface area contributed by atoms with Crippen molar-refractivity contribution in [3.05, 3.63) is 45.9 Å². The lowest BCUT2D eigenvalue weighted by atomic mass is 10.1. The van der Waals surface area contributed by atoms with Gasteiger partial charge in [-0.2, -0.15) is 0 Å². The molecule has 1 nitrogen and oxygen atoms in total. The minimum atomic E-state index is 0.0908. The van der Waals surface area contributed by atoms with Crippen LogP contribution in [0.2, 0.25) is 5.02 Å². The average molecular weight is 274 g/mol. The highest BCUT2D eigenvalue weighted by atomic mass is 79.9. The Balaban J connectivity index is 2.84. The zero-order valence-electron chi connectivity index (χ0n) is 7.59. The van der Waals surface area contributed by atoms with Gasteiger partial charge >= 0.3 is 0 Å². The van der Waals surface area contributed by atoms with Gasteiger partial charge in [-0.3, -0.25) is 4.79 Å². The molecule has 1 aromatic rings. The Bertz CT molecular complexity index is 340. The third kappa shape index (κ3) is 3.28. The van der Waals surface area contributed by atoms with Gasteiger partial charge < -0.3 is 0 Å². The number of halogens is 2. The van der Waals surface area contributed by atoms with Crippen molar-refractivity contribution in [1.29, 1.82) is 0 Å². The van der Waals surface area contributed by atoms with Gasteiger partial charge in [-0.25, -0.2) is 0 Å². The van der Waals surface area contributed by atoms with E-state index < -0.39 is 0 Å². The molecule has 0 radical (unpaired) electrons. The van der Waals surface area contributed by atoms with Crippen molar-refractivity contribution in [2.24, 2.45) is 0 Å². The Labute approximate surface area is 96.9 Å². The number of ketones is 1. The maximum absolute atomic E-state index is 11.6. The summed E-state index contributed by atoms with van der Waals surface area (Å²) >= 11 is 9.12. The maximum Gasteiger partial charge on any atom is 0.163 e. The lowest BCUT2D eigenvalue weighted by Gasteiger charge is -2.01. The van der Waals surface area contributed by atoms with Gasteiger partial charge in [0.05, 0.1) is 0 Å². The number of allylic oxidation sites excluding steroid dienone is 1. The average Bonchev–Trinajstić information content (AvgIpc) is 2.12. The lowest BCUT2D eigenvalue weighted by Crippen LogP contribution is -1.97. The van der Waals surface area contributed by atoms with Crippen molar-refractivity contribution in [3.8, 4) is 0 Å². The fourth-order valence-corrected chi connectivity index (χ4v) is 1.95. The molecule has 1 rings (SSSR count). The monoisotopic (exact) mass is 272 g/mol. The molecular formula is C11H10BrClO. The molecule has 0 fully saturated rings. The molecule has 0 saturated carbocycles. The van der Waals surface area contributed by atoms with Gasteiger partial charge in [0.2, 0.25) is 0 Å². The van der Waals surface area contributed by atoms with E-state index >= 15 is 0 Å². The van der Waals surface area contributed by atoms with Gasteiger partial charge in [-0.05, 0) is 24.6 Å². The molecule has 0 aliphatic rings. The first-order chi connectivity index (χ1) is 6.63. The van der Waals surface area contributed by atoms with E-state index in [0.29, 0.717) is 23.4 Å². The SMILES string of the molecule is C=CCCC(=O)c1cc(Cl)cc(Br)c1. The molecule has 14 heavy (non-hydrogen) atoms. The Morgan fingerprint density at radius 2 is 2.21 bits per heavy atom. The zero-order valence-corrected chi connectivity index (χ0v) is 9.94. The second kappa shape index (κ2) is 5.32. The van der Waals surface area contributed by atoms with E-state index in [2.05, 4.69) is 22.5 Å². The molecule has 0 unspecified atom stereocenters. The minimum Gasteiger partial charge on any atom is -0.294 e. The minimum absolute atomic E-state index is 0.0908. The van der Waals surface area contributed by atoms with Gasteiger partial charge in [0, 0.05) is 21.5 Å². The molecule has 0 N–H and O–H groups in total. The van der Waals surface area contributed by atoms with Crippen LogP contribution in [0.3, 0.4) is 0 Å². The lowest BCUT2D eigenvalue weighted by molar-refractivity contribution is 0.0983. The van der Waals surface area contributed by atoms with Crippen molar-refractivity contribution in [2.45, 2.75) is 12.8 Å². The first-order valence-corrected chi connectivity index (χ1v) is 5.41. The summed E-state index contributed by atoms with van der Waals surface area (Å²) in [6.45, 7) is 3.57. The fraction of sp³-hybridized carbons (Fsp3) is 0.182. The summed E-state index contributed by atoms with van der Waals surface area (Å²) in [6.07, 6.45) is 2.91. The van der Waals surface area contributed by atoms with Crippen LogP contribution in [-0.2, 0) is 0 Å². The summed E-state index contributed by atoms with van der Waals surface area (Å²) in [4.78, 5) is 11.6. The molecule has 0 spiro atoms. The molecule has 1 aromatic carbocycles. The maximum atomic E-state index is 11.6. The highest BCUT2D eigenvalue weighted by Gasteiger charge is 2.06. The fourth-order valence-electron chi connectivity index (χ4n) is 1.09. The molecule has 0 atom stereocenters. The third-order valence-electron chi connectivity index (χ3n) is 1.76. The van der Waals surface area contributed by atoms with Crippen LogP contribution in [0.1, 0.15) is 23.2 Å². The quantitative estimate of drug-likeness (QED) is 0.592. The van der Waals surface area contributed by atoms with Gasteiger partial charge in [-0.1, -0.05) is 33.6 Å². The number of benzene rings is 1. The normalized spacial score (nSPS) is 9.86. The molecular weight excluding hydrogens is 263 g/mol. The van der Waals surface area contributed by atoms with Crippen molar-refractivity contribution >= 4 is 33.3 Å². The van der Waals surface area contributed by atoms with E-state index in [1.807, 2.05) is 0 Å². The first-order valence-electron chi connectivity index (χ1n) is 4.23. The molecule has 0 saturated heterocycles. The van der Waals surface area contributed by atoms with Crippen molar-refractivity contribution in [3.63, 3.8) is 0 Å². The van der Waals surface area contributed by atoms with Gasteiger partial charge in [0.25, 0.3) is 0 Å². The second-order valence-electron chi connectivity index (χ2n) is 2.91. The summed E-state index contributed by atoms with van der Waals surface area (Å²) in [7, 11) is 0. The summed E-state index contributed by atoms with van der Waals surface area (Å²) in [5, 5.41) is 0.571. The van der Waals surface area contributed by atoms with Crippen LogP contribution >= 0.6 is 27.5 Å². The number of hydrogen-bond donors (Lipinski definition) is 0. The predicted octanol–water partition coefficient (Wildman–Crippen LogP) is 4.25.